The maximum absolute atomic E-state index is 12.4. The van der Waals surface area contributed by atoms with Gasteiger partial charge in [0.1, 0.15) is 5.75 Å². The highest BCUT2D eigenvalue weighted by Gasteiger charge is 2.15. The van der Waals surface area contributed by atoms with E-state index in [0.29, 0.717) is 39.6 Å². The van der Waals surface area contributed by atoms with Gasteiger partial charge in [-0.1, -0.05) is 18.2 Å². The molecule has 3 aromatic rings. The second-order valence-electron chi connectivity index (χ2n) is 7.31. The minimum absolute atomic E-state index is 0.0951. The van der Waals surface area contributed by atoms with Gasteiger partial charge in [0.05, 0.1) is 35.0 Å². The summed E-state index contributed by atoms with van der Waals surface area (Å²) in [5.41, 5.74) is 3.30. The molecule has 0 aliphatic heterocycles. The lowest BCUT2D eigenvalue weighted by Gasteiger charge is -2.15. The van der Waals surface area contributed by atoms with E-state index in [1.54, 1.807) is 43.3 Å². The molecular weight excluding hydrogens is 548 g/mol. The third-order valence-corrected chi connectivity index (χ3v) is 5.35. The maximum atomic E-state index is 12.4. The van der Waals surface area contributed by atoms with Crippen molar-refractivity contribution in [2.24, 2.45) is 5.10 Å². The van der Waals surface area contributed by atoms with E-state index in [2.05, 4.69) is 31.8 Å². The highest BCUT2D eigenvalue weighted by molar-refractivity contribution is 9.10. The SMILES string of the molecule is CCOc1cc(/C=N/NC(=O)c2cccc([N+](=O)[O-])c2)cc(Br)c1OCC(=O)Nc1ccccc1OC. The standard InChI is InChI=1S/C25H23BrN4O7/c1-3-36-22-12-16(14-27-29-25(32)17-7-6-8-18(13-17)30(33)34)11-19(26)24(22)37-15-23(31)28-20-9-4-5-10-21(20)35-2/h4-14H,3,15H2,1-2H3,(H,28,31)(H,29,32)/b27-14+. The quantitative estimate of drug-likeness (QED) is 0.196. The number of carbonyl (C=O) groups excluding carboxylic acids is 2. The molecule has 0 saturated heterocycles. The lowest BCUT2D eigenvalue weighted by molar-refractivity contribution is -0.384. The third kappa shape index (κ3) is 7.51. The molecule has 11 nitrogen and oxygen atoms in total. The maximum Gasteiger partial charge on any atom is 0.271 e. The molecule has 2 N–H and O–H groups in total. The Morgan fingerprint density at radius 3 is 2.59 bits per heavy atom. The van der Waals surface area contributed by atoms with Crippen LogP contribution >= 0.6 is 15.9 Å². The van der Waals surface area contributed by atoms with Crippen molar-refractivity contribution in [3.8, 4) is 17.2 Å². The summed E-state index contributed by atoms with van der Waals surface area (Å²) in [5, 5.41) is 17.5. The average Bonchev–Trinajstić information content (AvgIpc) is 2.88. The van der Waals surface area contributed by atoms with E-state index in [4.69, 9.17) is 14.2 Å². The molecule has 2 amide bonds. The topological polar surface area (TPSA) is 141 Å². The number of halogens is 1. The Labute approximate surface area is 220 Å². The van der Waals surface area contributed by atoms with Crippen molar-refractivity contribution in [3.05, 3.63) is 86.4 Å². The molecule has 0 radical (unpaired) electrons. The van der Waals surface area contributed by atoms with Crippen molar-refractivity contribution in [1.82, 2.24) is 5.43 Å². The Bertz CT molecular complexity index is 1330. The van der Waals surface area contributed by atoms with Crippen LogP contribution in [0.1, 0.15) is 22.8 Å². The normalized spacial score (nSPS) is 10.6. The number of methoxy groups -OCH3 is 1. The summed E-state index contributed by atoms with van der Waals surface area (Å²) in [7, 11) is 1.51. The lowest BCUT2D eigenvalue weighted by Crippen LogP contribution is -2.21. The van der Waals surface area contributed by atoms with Gasteiger partial charge in [0.2, 0.25) is 0 Å². The second kappa shape index (κ2) is 13.0. The Morgan fingerprint density at radius 1 is 1.08 bits per heavy atom. The number of anilines is 1. The van der Waals surface area contributed by atoms with E-state index in [-0.39, 0.29) is 17.9 Å². The number of benzene rings is 3. The molecule has 0 fully saturated rings. The van der Waals surface area contributed by atoms with Crippen molar-refractivity contribution in [2.45, 2.75) is 6.92 Å². The summed E-state index contributed by atoms with van der Waals surface area (Å²) in [4.78, 5) is 35.0. The predicted octanol–water partition coefficient (Wildman–Crippen LogP) is 4.55. The van der Waals surface area contributed by atoms with Gasteiger partial charge >= 0.3 is 0 Å². The number of hydrogen-bond acceptors (Lipinski definition) is 8. The molecule has 12 heteroatoms. The van der Waals surface area contributed by atoms with Crippen LogP contribution in [0.2, 0.25) is 0 Å². The number of nitrogens with zero attached hydrogens (tertiary/aromatic N) is 2. The van der Waals surface area contributed by atoms with Gasteiger partial charge in [0.25, 0.3) is 17.5 Å². The molecule has 0 atom stereocenters. The highest BCUT2D eigenvalue weighted by atomic mass is 79.9. The molecule has 3 aromatic carbocycles. The van der Waals surface area contributed by atoms with E-state index >= 15 is 0 Å². The first-order valence-corrected chi connectivity index (χ1v) is 11.7. The monoisotopic (exact) mass is 570 g/mol. The van der Waals surface area contributed by atoms with Gasteiger partial charge < -0.3 is 19.5 Å². The van der Waals surface area contributed by atoms with Crippen LogP contribution in [-0.4, -0.2) is 43.3 Å². The number of nitro benzene ring substituents is 1. The van der Waals surface area contributed by atoms with E-state index in [0.717, 1.165) is 6.07 Å². The molecule has 0 aliphatic rings. The Balaban J connectivity index is 1.68. The molecule has 0 spiro atoms. The van der Waals surface area contributed by atoms with Crippen molar-refractivity contribution < 1.29 is 28.7 Å². The smallest absolute Gasteiger partial charge is 0.271 e. The van der Waals surface area contributed by atoms with Gasteiger partial charge in [-0.05, 0) is 58.7 Å². The molecule has 0 saturated carbocycles. The van der Waals surface area contributed by atoms with E-state index < -0.39 is 16.7 Å². The number of carbonyl (C=O) groups is 2. The molecule has 3 rings (SSSR count). The molecular formula is C25H23BrN4O7. The Hall–Kier alpha value is -4.45. The summed E-state index contributed by atoms with van der Waals surface area (Å²) < 4.78 is 17.1. The van der Waals surface area contributed by atoms with Crippen LogP contribution in [0.15, 0.2) is 70.2 Å². The number of hydrazone groups is 1. The number of para-hydroxylation sites is 2. The molecule has 192 valence electrons. The second-order valence-corrected chi connectivity index (χ2v) is 8.16. The van der Waals surface area contributed by atoms with Gasteiger partial charge in [-0.2, -0.15) is 5.10 Å². The number of nitrogens with one attached hydrogen (secondary N) is 2. The average molecular weight is 571 g/mol. The molecule has 0 aliphatic carbocycles. The van der Waals surface area contributed by atoms with E-state index in [1.807, 2.05) is 0 Å². The molecule has 0 bridgehead atoms. The van der Waals surface area contributed by atoms with Crippen molar-refractivity contribution in [1.29, 1.82) is 0 Å². The number of rotatable bonds is 11. The van der Waals surface area contributed by atoms with Crippen LogP contribution in [0.3, 0.4) is 0 Å². The highest BCUT2D eigenvalue weighted by Crippen LogP contribution is 2.36. The number of amides is 2. The van der Waals surface area contributed by atoms with Gasteiger partial charge in [-0.15, -0.1) is 0 Å². The molecule has 0 heterocycles. The van der Waals surface area contributed by atoms with Crippen LogP contribution in [0.25, 0.3) is 0 Å². The predicted molar refractivity (Wildman–Crippen MR) is 141 cm³/mol. The summed E-state index contributed by atoms with van der Waals surface area (Å²) in [6.07, 6.45) is 1.38. The van der Waals surface area contributed by atoms with Crippen LogP contribution in [0, 0.1) is 10.1 Å². The summed E-state index contributed by atoms with van der Waals surface area (Å²) in [5.74, 6) is 0.190. The van der Waals surface area contributed by atoms with Crippen LogP contribution in [0.4, 0.5) is 11.4 Å². The third-order valence-electron chi connectivity index (χ3n) is 4.76. The van der Waals surface area contributed by atoms with Crippen molar-refractivity contribution in [3.63, 3.8) is 0 Å². The van der Waals surface area contributed by atoms with Gasteiger partial charge in [-0.25, -0.2) is 5.43 Å². The fraction of sp³-hybridized carbons (Fsp3) is 0.160. The zero-order valence-corrected chi connectivity index (χ0v) is 21.5. The summed E-state index contributed by atoms with van der Waals surface area (Å²) in [6, 6.07) is 15.6. The molecule has 0 unspecified atom stereocenters. The largest absolute Gasteiger partial charge is 0.495 e. The number of nitro groups is 1. The zero-order valence-electron chi connectivity index (χ0n) is 19.9. The van der Waals surface area contributed by atoms with Crippen molar-refractivity contribution >= 4 is 45.3 Å². The first-order chi connectivity index (χ1) is 17.8. The Kier molecular flexibility index (Phi) is 9.55. The van der Waals surface area contributed by atoms with Crippen LogP contribution in [0.5, 0.6) is 17.2 Å². The molecule has 37 heavy (non-hydrogen) atoms. The van der Waals surface area contributed by atoms with Crippen molar-refractivity contribution in [2.75, 3.05) is 25.6 Å². The zero-order chi connectivity index (χ0) is 26.8. The fourth-order valence-electron chi connectivity index (χ4n) is 3.13. The number of hydrogen-bond donors (Lipinski definition) is 2. The van der Waals surface area contributed by atoms with Crippen LogP contribution in [-0.2, 0) is 4.79 Å². The van der Waals surface area contributed by atoms with E-state index in [9.17, 15) is 19.7 Å². The van der Waals surface area contributed by atoms with Gasteiger partial charge in [0, 0.05) is 17.7 Å². The first-order valence-electron chi connectivity index (χ1n) is 10.9. The first kappa shape index (κ1) is 27.1. The fourth-order valence-corrected chi connectivity index (χ4v) is 3.70. The summed E-state index contributed by atoms with van der Waals surface area (Å²) >= 11 is 3.42. The van der Waals surface area contributed by atoms with Gasteiger partial charge in [0.15, 0.2) is 18.1 Å². The summed E-state index contributed by atoms with van der Waals surface area (Å²) in [6.45, 7) is 1.84. The number of ether oxygens (including phenoxy) is 3. The molecule has 0 aromatic heterocycles. The number of non-ortho nitro benzene ring substituents is 1. The lowest BCUT2D eigenvalue weighted by atomic mass is 10.2. The Morgan fingerprint density at radius 2 is 1.86 bits per heavy atom. The van der Waals surface area contributed by atoms with E-state index in [1.165, 1.54) is 31.5 Å². The van der Waals surface area contributed by atoms with Gasteiger partial charge in [-0.3, -0.25) is 19.7 Å². The minimum atomic E-state index is -0.606. The van der Waals surface area contributed by atoms with Crippen LogP contribution < -0.4 is 25.0 Å². The minimum Gasteiger partial charge on any atom is -0.495 e.